The second kappa shape index (κ2) is 11.0. The Morgan fingerprint density at radius 1 is 0.773 bits per heavy atom. The lowest BCUT2D eigenvalue weighted by Crippen LogP contribution is -2.18. The van der Waals surface area contributed by atoms with E-state index in [0.29, 0.717) is 23.3 Å². The minimum atomic E-state index is -5.08. The fourth-order valence-electron chi connectivity index (χ4n) is 5.95. The molecule has 3 aromatic rings. The van der Waals surface area contributed by atoms with Crippen molar-refractivity contribution in [3.8, 4) is 16.9 Å². The van der Waals surface area contributed by atoms with Crippen LogP contribution in [0, 0.1) is 11.7 Å². The lowest BCUT2D eigenvalue weighted by molar-refractivity contribution is -0.143. The van der Waals surface area contributed by atoms with E-state index >= 15 is 0 Å². The molecule has 3 atom stereocenters. The van der Waals surface area contributed by atoms with Gasteiger partial charge in [0.25, 0.3) is 0 Å². The Morgan fingerprint density at radius 2 is 1.39 bits per heavy atom. The van der Waals surface area contributed by atoms with Gasteiger partial charge in [-0.1, -0.05) is 25.1 Å². The molecular formula is C31H25F10NO2. The fourth-order valence-corrected chi connectivity index (χ4v) is 5.95. The topological polar surface area (TPSA) is 30.8 Å². The molecule has 0 saturated heterocycles. The van der Waals surface area contributed by atoms with Crippen molar-refractivity contribution in [1.82, 2.24) is 0 Å². The summed E-state index contributed by atoms with van der Waals surface area (Å²) >= 11 is 0. The smallest absolute Gasteiger partial charge is 0.416 e. The molecule has 0 aromatic heterocycles. The number of rotatable bonds is 5. The quantitative estimate of drug-likeness (QED) is 0.262. The Bertz CT molecular complexity index is 1570. The minimum Gasteiger partial charge on any atom is -0.496 e. The average Bonchev–Trinajstić information content (AvgIpc) is 3.53. The monoisotopic (exact) mass is 633 g/mol. The van der Waals surface area contributed by atoms with Gasteiger partial charge in [-0.15, -0.1) is 0 Å². The highest BCUT2D eigenvalue weighted by molar-refractivity contribution is 5.97. The molecule has 0 bridgehead atoms. The van der Waals surface area contributed by atoms with Crippen LogP contribution in [0.4, 0.5) is 43.9 Å². The summed E-state index contributed by atoms with van der Waals surface area (Å²) in [7, 11) is 1.28. The molecule has 3 unspecified atom stereocenters. The van der Waals surface area contributed by atoms with Crippen molar-refractivity contribution in [3.05, 3.63) is 87.7 Å². The molecule has 3 aromatic carbocycles. The van der Waals surface area contributed by atoms with Gasteiger partial charge < -0.3 is 9.57 Å². The van der Waals surface area contributed by atoms with Gasteiger partial charge in [0, 0.05) is 23.5 Å². The first-order valence-electron chi connectivity index (χ1n) is 13.5. The number of methoxy groups -OCH3 is 1. The zero-order chi connectivity index (χ0) is 32.4. The number of hydrogen-bond donors (Lipinski definition) is 0. The molecule has 1 aliphatic heterocycles. The van der Waals surface area contributed by atoms with Gasteiger partial charge in [0.05, 0.1) is 29.5 Å². The molecule has 44 heavy (non-hydrogen) atoms. The maximum atomic E-state index is 14.8. The van der Waals surface area contributed by atoms with E-state index in [-0.39, 0.29) is 47.4 Å². The average molecular weight is 634 g/mol. The predicted octanol–water partition coefficient (Wildman–Crippen LogP) is 10.3. The van der Waals surface area contributed by atoms with Crippen LogP contribution >= 0.6 is 0 Å². The number of benzene rings is 3. The lowest BCUT2D eigenvalue weighted by Gasteiger charge is -2.21. The molecule has 13 heteroatoms. The maximum Gasteiger partial charge on any atom is 0.416 e. The van der Waals surface area contributed by atoms with Crippen LogP contribution in [0.3, 0.4) is 0 Å². The van der Waals surface area contributed by atoms with Crippen LogP contribution < -0.4 is 4.74 Å². The van der Waals surface area contributed by atoms with Gasteiger partial charge in [-0.05, 0) is 77.4 Å². The Morgan fingerprint density at radius 3 is 1.93 bits per heavy atom. The molecule has 1 saturated carbocycles. The summed E-state index contributed by atoms with van der Waals surface area (Å²) in [5, 5.41) is 4.01. The molecule has 0 radical (unpaired) electrons. The van der Waals surface area contributed by atoms with Crippen molar-refractivity contribution in [1.29, 1.82) is 0 Å². The molecule has 1 fully saturated rings. The van der Waals surface area contributed by atoms with Crippen molar-refractivity contribution < 1.29 is 53.5 Å². The Kier molecular flexibility index (Phi) is 7.90. The standard InChI is InChI=1S/C31H25F10NO2/c1-14(2)22-12-24(26(43-3)13-25(22)32)19-5-4-16(29(33,34)35)11-23(19)20-6-7-21-27(20)42-44-28(21)15-8-17(30(36,37)38)10-18(9-15)31(39,40)41/h4-5,8-14,20-21,28H,6-7H2,1-3H3. The highest BCUT2D eigenvalue weighted by Crippen LogP contribution is 2.52. The maximum absolute atomic E-state index is 14.8. The molecule has 1 heterocycles. The third-order valence-electron chi connectivity index (χ3n) is 8.06. The van der Waals surface area contributed by atoms with Crippen LogP contribution in [-0.4, -0.2) is 12.8 Å². The van der Waals surface area contributed by atoms with Crippen LogP contribution in [0.1, 0.15) is 78.0 Å². The van der Waals surface area contributed by atoms with Crippen molar-refractivity contribution in [2.45, 2.75) is 63.2 Å². The van der Waals surface area contributed by atoms with Crippen LogP contribution in [-0.2, 0) is 23.4 Å². The zero-order valence-electron chi connectivity index (χ0n) is 23.4. The number of hydrogen-bond acceptors (Lipinski definition) is 3. The largest absolute Gasteiger partial charge is 0.496 e. The summed E-state index contributed by atoms with van der Waals surface area (Å²) in [4.78, 5) is 5.40. The normalized spacial score (nSPS) is 20.5. The highest BCUT2D eigenvalue weighted by atomic mass is 19.4. The van der Waals surface area contributed by atoms with E-state index in [2.05, 4.69) is 5.16 Å². The van der Waals surface area contributed by atoms with Crippen molar-refractivity contribution in [2.75, 3.05) is 7.11 Å². The second-order valence-electron chi connectivity index (χ2n) is 11.1. The van der Waals surface area contributed by atoms with E-state index < -0.39 is 64.5 Å². The lowest BCUT2D eigenvalue weighted by atomic mass is 9.84. The molecule has 0 spiro atoms. The summed E-state index contributed by atoms with van der Waals surface area (Å²) in [6, 6.07) is 6.82. The van der Waals surface area contributed by atoms with Crippen LogP contribution in [0.5, 0.6) is 5.75 Å². The molecule has 3 nitrogen and oxygen atoms in total. The SMILES string of the molecule is COc1cc(F)c(C(C)C)cc1-c1ccc(C(F)(F)F)cc1C1CCC2C1=NOC2c1cc(C(F)(F)F)cc(C(F)(F)F)c1. The molecule has 5 rings (SSSR count). The molecule has 0 amide bonds. The second-order valence-corrected chi connectivity index (χ2v) is 11.1. The van der Waals surface area contributed by atoms with Gasteiger partial charge in [0.1, 0.15) is 11.6 Å². The fraction of sp³-hybridized carbons (Fsp3) is 0.387. The summed E-state index contributed by atoms with van der Waals surface area (Å²) in [6.07, 6.45) is -15.9. The summed E-state index contributed by atoms with van der Waals surface area (Å²) in [5.74, 6) is -2.41. The number of oxime groups is 1. The third kappa shape index (κ3) is 5.84. The first kappa shape index (κ1) is 31.6. The van der Waals surface area contributed by atoms with Gasteiger partial charge >= 0.3 is 18.5 Å². The van der Waals surface area contributed by atoms with E-state index in [4.69, 9.17) is 9.57 Å². The Labute approximate surface area is 245 Å². The van der Waals surface area contributed by atoms with E-state index in [1.165, 1.54) is 19.2 Å². The number of fused-ring (bicyclic) bond motifs is 1. The van der Waals surface area contributed by atoms with E-state index in [9.17, 15) is 43.9 Å². The Hall–Kier alpha value is -3.77. The van der Waals surface area contributed by atoms with Crippen LogP contribution in [0.25, 0.3) is 11.1 Å². The first-order valence-corrected chi connectivity index (χ1v) is 13.5. The number of nitrogens with zero attached hydrogens (tertiary/aromatic N) is 1. The minimum absolute atomic E-state index is 0.00802. The van der Waals surface area contributed by atoms with Crippen molar-refractivity contribution in [3.63, 3.8) is 0 Å². The van der Waals surface area contributed by atoms with E-state index in [1.54, 1.807) is 13.8 Å². The molecular weight excluding hydrogens is 608 g/mol. The number of alkyl halides is 9. The highest BCUT2D eigenvalue weighted by Gasteiger charge is 2.47. The van der Waals surface area contributed by atoms with Gasteiger partial charge in [0.2, 0.25) is 0 Å². The predicted molar refractivity (Wildman–Crippen MR) is 141 cm³/mol. The Balaban J connectivity index is 1.61. The number of ether oxygens (including phenoxy) is 1. The van der Waals surface area contributed by atoms with Gasteiger partial charge in [-0.3, -0.25) is 0 Å². The van der Waals surface area contributed by atoms with Crippen LogP contribution in [0.2, 0.25) is 0 Å². The summed E-state index contributed by atoms with van der Waals surface area (Å²) in [6.45, 7) is 3.49. The first-order chi connectivity index (χ1) is 20.4. The molecule has 1 aliphatic carbocycles. The van der Waals surface area contributed by atoms with Gasteiger partial charge in [-0.25, -0.2) is 4.39 Å². The zero-order valence-corrected chi connectivity index (χ0v) is 23.4. The van der Waals surface area contributed by atoms with Gasteiger partial charge in [-0.2, -0.15) is 39.5 Å². The molecule has 2 aliphatic rings. The number of halogens is 10. The third-order valence-corrected chi connectivity index (χ3v) is 8.06. The van der Waals surface area contributed by atoms with Crippen molar-refractivity contribution in [2.24, 2.45) is 11.1 Å². The molecule has 236 valence electrons. The summed E-state index contributed by atoms with van der Waals surface area (Å²) < 4.78 is 143. The van der Waals surface area contributed by atoms with E-state index in [0.717, 1.165) is 18.2 Å². The van der Waals surface area contributed by atoms with Crippen LogP contribution in [0.15, 0.2) is 53.7 Å². The van der Waals surface area contributed by atoms with Crippen molar-refractivity contribution >= 4 is 5.71 Å². The molecule has 0 N–H and O–H groups in total. The summed E-state index contributed by atoms with van der Waals surface area (Å²) in [5.41, 5.74) is -3.17. The van der Waals surface area contributed by atoms with Gasteiger partial charge in [0.15, 0.2) is 6.10 Å². The van der Waals surface area contributed by atoms with E-state index in [1.807, 2.05) is 0 Å².